The highest BCUT2D eigenvalue weighted by molar-refractivity contribution is 7.99. The summed E-state index contributed by atoms with van der Waals surface area (Å²) in [5.74, 6) is 0. The summed E-state index contributed by atoms with van der Waals surface area (Å²) >= 11 is 7.52. The normalized spacial score (nSPS) is 10.6. The van der Waals surface area contributed by atoms with Crippen molar-refractivity contribution < 1.29 is 0 Å². The van der Waals surface area contributed by atoms with E-state index in [1.807, 2.05) is 19.9 Å². The summed E-state index contributed by atoms with van der Waals surface area (Å²) in [4.78, 5) is 9.65. The van der Waals surface area contributed by atoms with Gasteiger partial charge in [-0.05, 0) is 50.1 Å². The second kappa shape index (κ2) is 5.07. The molecule has 0 N–H and O–H groups in total. The molecular formula is C13H13ClN2S. The van der Waals surface area contributed by atoms with Gasteiger partial charge in [-0.2, -0.15) is 0 Å². The molecule has 0 amide bonds. The molecule has 0 radical (unpaired) electrons. The van der Waals surface area contributed by atoms with Gasteiger partial charge >= 0.3 is 0 Å². The molecule has 4 heteroatoms. The molecule has 2 rings (SSSR count). The molecule has 88 valence electrons. The van der Waals surface area contributed by atoms with Crippen LogP contribution in [0.25, 0.3) is 0 Å². The van der Waals surface area contributed by atoms with E-state index in [9.17, 15) is 0 Å². The van der Waals surface area contributed by atoms with E-state index in [0.29, 0.717) is 5.15 Å². The summed E-state index contributed by atoms with van der Waals surface area (Å²) in [6.07, 6.45) is 1.79. The number of hydrogen-bond donors (Lipinski definition) is 0. The molecule has 0 saturated heterocycles. The minimum atomic E-state index is 0.516. The maximum Gasteiger partial charge on any atom is 0.130 e. The SMILES string of the molecule is Cc1cc(C)nc(Sc2cc(Cl)ncc2C)c1. The Bertz CT molecular complexity index is 535. The third-order valence-electron chi connectivity index (χ3n) is 2.31. The zero-order chi connectivity index (χ0) is 12.4. The van der Waals surface area contributed by atoms with Crippen molar-refractivity contribution >= 4 is 23.4 Å². The van der Waals surface area contributed by atoms with E-state index in [2.05, 4.69) is 29.0 Å². The third-order valence-corrected chi connectivity index (χ3v) is 3.59. The number of nitrogens with zero attached hydrogens (tertiary/aromatic N) is 2. The first-order valence-electron chi connectivity index (χ1n) is 5.30. The number of pyridine rings is 2. The molecular weight excluding hydrogens is 252 g/mol. The molecule has 0 spiro atoms. The van der Waals surface area contributed by atoms with Crippen molar-refractivity contribution in [2.45, 2.75) is 30.7 Å². The molecule has 2 aromatic heterocycles. The van der Waals surface area contributed by atoms with Crippen LogP contribution in [-0.4, -0.2) is 9.97 Å². The Morgan fingerprint density at radius 2 is 1.88 bits per heavy atom. The molecule has 0 bridgehead atoms. The second-order valence-electron chi connectivity index (χ2n) is 4.00. The van der Waals surface area contributed by atoms with Gasteiger partial charge in [-0.1, -0.05) is 23.4 Å². The average molecular weight is 265 g/mol. The summed E-state index contributed by atoms with van der Waals surface area (Å²) in [5.41, 5.74) is 3.36. The molecule has 0 fully saturated rings. The topological polar surface area (TPSA) is 25.8 Å². The third kappa shape index (κ3) is 3.20. The zero-order valence-corrected chi connectivity index (χ0v) is 11.6. The van der Waals surface area contributed by atoms with Gasteiger partial charge in [-0.15, -0.1) is 0 Å². The molecule has 0 aliphatic heterocycles. The predicted molar refractivity (Wildman–Crippen MR) is 71.8 cm³/mol. The first-order chi connectivity index (χ1) is 8.04. The van der Waals surface area contributed by atoms with E-state index in [1.54, 1.807) is 18.0 Å². The Labute approximate surface area is 110 Å². The Kier molecular flexibility index (Phi) is 3.69. The van der Waals surface area contributed by atoms with Crippen molar-refractivity contribution in [3.63, 3.8) is 0 Å². The average Bonchev–Trinajstić information content (AvgIpc) is 2.22. The molecule has 17 heavy (non-hydrogen) atoms. The van der Waals surface area contributed by atoms with Crippen LogP contribution in [0.5, 0.6) is 0 Å². The monoisotopic (exact) mass is 264 g/mol. The maximum absolute atomic E-state index is 5.90. The second-order valence-corrected chi connectivity index (χ2v) is 5.45. The molecule has 0 unspecified atom stereocenters. The van der Waals surface area contributed by atoms with Gasteiger partial charge < -0.3 is 0 Å². The van der Waals surface area contributed by atoms with Crippen molar-refractivity contribution in [3.8, 4) is 0 Å². The van der Waals surface area contributed by atoms with Crippen molar-refractivity contribution in [3.05, 3.63) is 46.4 Å². The van der Waals surface area contributed by atoms with E-state index in [0.717, 1.165) is 21.2 Å². The van der Waals surface area contributed by atoms with E-state index in [1.165, 1.54) is 5.56 Å². The highest BCUT2D eigenvalue weighted by Crippen LogP contribution is 2.30. The van der Waals surface area contributed by atoms with Crippen LogP contribution in [0.15, 0.2) is 34.3 Å². The van der Waals surface area contributed by atoms with E-state index < -0.39 is 0 Å². The molecule has 0 atom stereocenters. The van der Waals surface area contributed by atoms with Crippen molar-refractivity contribution in [2.75, 3.05) is 0 Å². The first-order valence-corrected chi connectivity index (χ1v) is 6.49. The molecule has 0 aliphatic carbocycles. The quantitative estimate of drug-likeness (QED) is 0.760. The van der Waals surface area contributed by atoms with Crippen LogP contribution in [0.4, 0.5) is 0 Å². The summed E-state index contributed by atoms with van der Waals surface area (Å²) in [6.45, 7) is 6.10. The van der Waals surface area contributed by atoms with Crippen molar-refractivity contribution in [2.24, 2.45) is 0 Å². The minimum Gasteiger partial charge on any atom is -0.246 e. The van der Waals surface area contributed by atoms with Gasteiger partial charge in [0.2, 0.25) is 0 Å². The van der Waals surface area contributed by atoms with Crippen LogP contribution in [0.2, 0.25) is 5.15 Å². The minimum absolute atomic E-state index is 0.516. The number of aromatic nitrogens is 2. The largest absolute Gasteiger partial charge is 0.246 e. The van der Waals surface area contributed by atoms with Crippen molar-refractivity contribution in [1.29, 1.82) is 0 Å². The zero-order valence-electron chi connectivity index (χ0n) is 9.99. The van der Waals surface area contributed by atoms with E-state index in [-0.39, 0.29) is 0 Å². The first kappa shape index (κ1) is 12.4. The number of aryl methyl sites for hydroxylation is 3. The molecule has 0 aliphatic rings. The van der Waals surface area contributed by atoms with Gasteiger partial charge in [0.25, 0.3) is 0 Å². The lowest BCUT2D eigenvalue weighted by Gasteiger charge is -2.06. The summed E-state index contributed by atoms with van der Waals surface area (Å²) in [5, 5.41) is 1.51. The fraction of sp³-hybridized carbons (Fsp3) is 0.231. The van der Waals surface area contributed by atoms with Gasteiger partial charge in [-0.25, -0.2) is 9.97 Å². The lowest BCUT2D eigenvalue weighted by molar-refractivity contribution is 1.04. The predicted octanol–water partition coefficient (Wildman–Crippen LogP) is 4.21. The Morgan fingerprint density at radius 3 is 2.59 bits per heavy atom. The van der Waals surface area contributed by atoms with Crippen LogP contribution in [0.1, 0.15) is 16.8 Å². The molecule has 0 aromatic carbocycles. The molecule has 2 nitrogen and oxygen atoms in total. The Balaban J connectivity index is 2.34. The van der Waals surface area contributed by atoms with Gasteiger partial charge in [0.05, 0.1) is 0 Å². The summed E-state index contributed by atoms with van der Waals surface area (Å²) in [6, 6.07) is 6.02. The highest BCUT2D eigenvalue weighted by atomic mass is 35.5. The van der Waals surface area contributed by atoms with Crippen molar-refractivity contribution in [1.82, 2.24) is 9.97 Å². The van der Waals surface area contributed by atoms with Crippen LogP contribution < -0.4 is 0 Å². The summed E-state index contributed by atoms with van der Waals surface area (Å²) < 4.78 is 0. The number of halogens is 1. The summed E-state index contributed by atoms with van der Waals surface area (Å²) in [7, 11) is 0. The lowest BCUT2D eigenvalue weighted by Crippen LogP contribution is -1.88. The smallest absolute Gasteiger partial charge is 0.130 e. The molecule has 2 heterocycles. The van der Waals surface area contributed by atoms with Gasteiger partial charge in [0.1, 0.15) is 10.2 Å². The van der Waals surface area contributed by atoms with Crippen LogP contribution in [-0.2, 0) is 0 Å². The molecule has 0 saturated carbocycles. The lowest BCUT2D eigenvalue weighted by atomic mass is 10.3. The number of rotatable bonds is 2. The van der Waals surface area contributed by atoms with Crippen LogP contribution in [0.3, 0.4) is 0 Å². The van der Waals surface area contributed by atoms with Gasteiger partial charge in [0, 0.05) is 16.8 Å². The standard InChI is InChI=1S/C13H13ClN2S/c1-8-4-10(3)16-13(5-8)17-11-6-12(14)15-7-9(11)2/h4-7H,1-3H3. The number of hydrogen-bond acceptors (Lipinski definition) is 3. The Morgan fingerprint density at radius 1 is 1.12 bits per heavy atom. The van der Waals surface area contributed by atoms with E-state index in [4.69, 9.17) is 11.6 Å². The fourth-order valence-electron chi connectivity index (χ4n) is 1.56. The fourth-order valence-corrected chi connectivity index (χ4v) is 2.83. The van der Waals surface area contributed by atoms with E-state index >= 15 is 0 Å². The van der Waals surface area contributed by atoms with Gasteiger partial charge in [-0.3, -0.25) is 0 Å². The maximum atomic E-state index is 5.90. The van der Waals surface area contributed by atoms with Crippen LogP contribution >= 0.6 is 23.4 Å². The Hall–Kier alpha value is -1.06. The van der Waals surface area contributed by atoms with Gasteiger partial charge in [0.15, 0.2) is 0 Å². The van der Waals surface area contributed by atoms with Crippen LogP contribution in [0, 0.1) is 20.8 Å². The molecule has 2 aromatic rings. The highest BCUT2D eigenvalue weighted by Gasteiger charge is 2.05.